The smallest absolute Gasteiger partial charge is 0.270 e. The van der Waals surface area contributed by atoms with Crippen LogP contribution in [0.2, 0.25) is 0 Å². The first-order chi connectivity index (χ1) is 18.6. The summed E-state index contributed by atoms with van der Waals surface area (Å²) >= 11 is 0. The molecule has 5 rings (SSSR count). The van der Waals surface area contributed by atoms with E-state index in [4.69, 9.17) is 0 Å². The SMILES string of the molecule is CCc1nc2cc(F)ccn2c1C(=O)NCc1ccc(C2CCN(c3ccc(C(C)(C)C)cc3)CC2)cc1F.Cl. The lowest BCUT2D eigenvalue weighted by molar-refractivity contribution is 0.0943. The second-order valence-electron chi connectivity index (χ2n) is 11.4. The highest BCUT2D eigenvalue weighted by Crippen LogP contribution is 2.32. The maximum absolute atomic E-state index is 15.1. The number of imidazole rings is 1. The van der Waals surface area contributed by atoms with Crippen molar-refractivity contribution in [1.29, 1.82) is 0 Å². The highest BCUT2D eigenvalue weighted by molar-refractivity contribution is 5.94. The molecule has 1 saturated heterocycles. The Balaban J connectivity index is 0.00000370. The Morgan fingerprint density at radius 2 is 1.73 bits per heavy atom. The predicted octanol–water partition coefficient (Wildman–Crippen LogP) is 7.21. The fourth-order valence-electron chi connectivity index (χ4n) is 5.42. The molecule has 2 aromatic carbocycles. The number of anilines is 1. The molecule has 0 unspecified atom stereocenters. The standard InChI is InChI=1S/C32H36F2N4O.ClH/c1-5-28-30(38-17-14-25(33)19-29(38)36-28)31(39)35-20-23-7-6-22(18-27(23)34)21-12-15-37(16-13-21)26-10-8-24(9-11-26)32(2,3)4;/h6-11,14,17-19,21H,5,12-13,15-16,20H2,1-4H3,(H,35,39);1H. The van der Waals surface area contributed by atoms with Crippen LogP contribution in [0, 0.1) is 11.6 Å². The zero-order valence-electron chi connectivity index (χ0n) is 23.5. The van der Waals surface area contributed by atoms with E-state index >= 15 is 4.39 Å². The van der Waals surface area contributed by atoms with Gasteiger partial charge in [0.2, 0.25) is 0 Å². The maximum Gasteiger partial charge on any atom is 0.270 e. The molecule has 0 aliphatic carbocycles. The number of aryl methyl sites for hydroxylation is 1. The summed E-state index contributed by atoms with van der Waals surface area (Å²) in [4.78, 5) is 19.8. The summed E-state index contributed by atoms with van der Waals surface area (Å²) in [6, 6.07) is 16.8. The lowest BCUT2D eigenvalue weighted by Gasteiger charge is -2.34. The minimum absolute atomic E-state index is 0. The first kappa shape index (κ1) is 29.5. The van der Waals surface area contributed by atoms with Crippen molar-refractivity contribution < 1.29 is 13.6 Å². The second-order valence-corrected chi connectivity index (χ2v) is 11.4. The molecule has 0 radical (unpaired) electrons. The van der Waals surface area contributed by atoms with E-state index in [9.17, 15) is 9.18 Å². The van der Waals surface area contributed by atoms with Gasteiger partial charge in [0.15, 0.2) is 0 Å². The topological polar surface area (TPSA) is 49.6 Å². The maximum atomic E-state index is 15.1. The lowest BCUT2D eigenvalue weighted by Crippen LogP contribution is -2.33. The van der Waals surface area contributed by atoms with Gasteiger partial charge >= 0.3 is 0 Å². The Morgan fingerprint density at radius 1 is 1.02 bits per heavy atom. The third-order valence-corrected chi connectivity index (χ3v) is 7.79. The van der Waals surface area contributed by atoms with Crippen LogP contribution < -0.4 is 10.2 Å². The minimum Gasteiger partial charge on any atom is -0.371 e. The number of aromatic nitrogens is 2. The molecule has 1 aliphatic heterocycles. The summed E-state index contributed by atoms with van der Waals surface area (Å²) in [5.74, 6) is -0.787. The van der Waals surface area contributed by atoms with E-state index in [1.165, 1.54) is 29.6 Å². The molecule has 1 aliphatic rings. The Morgan fingerprint density at radius 3 is 2.35 bits per heavy atom. The molecule has 2 aromatic heterocycles. The average molecular weight is 567 g/mol. The van der Waals surface area contributed by atoms with E-state index < -0.39 is 5.82 Å². The molecule has 212 valence electrons. The van der Waals surface area contributed by atoms with Crippen molar-refractivity contribution in [3.63, 3.8) is 0 Å². The number of halogens is 3. The summed E-state index contributed by atoms with van der Waals surface area (Å²) in [7, 11) is 0. The minimum atomic E-state index is -0.412. The molecule has 0 saturated carbocycles. The molecular formula is C32H37ClF2N4O. The number of hydrogen-bond acceptors (Lipinski definition) is 3. The van der Waals surface area contributed by atoms with E-state index in [0.29, 0.717) is 34.9 Å². The zero-order chi connectivity index (χ0) is 27.7. The van der Waals surface area contributed by atoms with Crippen LogP contribution in [0.4, 0.5) is 14.5 Å². The van der Waals surface area contributed by atoms with Gasteiger partial charge in [0.05, 0.1) is 5.69 Å². The van der Waals surface area contributed by atoms with Crippen LogP contribution in [0.5, 0.6) is 0 Å². The summed E-state index contributed by atoms with van der Waals surface area (Å²) < 4.78 is 30.3. The highest BCUT2D eigenvalue weighted by Gasteiger charge is 2.23. The van der Waals surface area contributed by atoms with Crippen LogP contribution in [0.1, 0.15) is 79.3 Å². The van der Waals surface area contributed by atoms with Crippen LogP contribution in [-0.2, 0) is 18.4 Å². The lowest BCUT2D eigenvalue weighted by atomic mass is 9.86. The third-order valence-electron chi connectivity index (χ3n) is 7.79. The van der Waals surface area contributed by atoms with Gasteiger partial charge in [-0.1, -0.05) is 52.0 Å². The monoisotopic (exact) mass is 566 g/mol. The molecule has 0 spiro atoms. The number of hydrogen-bond donors (Lipinski definition) is 1. The fourth-order valence-corrected chi connectivity index (χ4v) is 5.42. The van der Waals surface area contributed by atoms with Crippen molar-refractivity contribution in [3.05, 3.63) is 101 Å². The quantitative estimate of drug-likeness (QED) is 0.268. The number of fused-ring (bicyclic) bond motifs is 1. The number of piperidine rings is 1. The van der Waals surface area contributed by atoms with Gasteiger partial charge in [-0.25, -0.2) is 13.8 Å². The number of nitrogens with zero attached hydrogens (tertiary/aromatic N) is 3. The van der Waals surface area contributed by atoms with E-state index in [2.05, 4.69) is 60.2 Å². The average Bonchev–Trinajstić information content (AvgIpc) is 3.29. The van der Waals surface area contributed by atoms with Crippen molar-refractivity contribution in [2.75, 3.05) is 18.0 Å². The van der Waals surface area contributed by atoms with E-state index in [1.54, 1.807) is 16.5 Å². The van der Waals surface area contributed by atoms with Crippen molar-refractivity contribution in [2.45, 2.75) is 64.8 Å². The molecule has 3 heterocycles. The normalized spacial score (nSPS) is 14.3. The molecule has 1 amide bonds. The van der Waals surface area contributed by atoms with Crippen LogP contribution in [0.3, 0.4) is 0 Å². The summed E-state index contributed by atoms with van der Waals surface area (Å²) in [5, 5.41) is 2.82. The van der Waals surface area contributed by atoms with Gasteiger partial charge in [0.1, 0.15) is 23.0 Å². The first-order valence-corrected chi connectivity index (χ1v) is 13.7. The second kappa shape index (κ2) is 12.0. The zero-order valence-corrected chi connectivity index (χ0v) is 24.3. The molecule has 0 atom stereocenters. The van der Waals surface area contributed by atoms with Crippen LogP contribution >= 0.6 is 12.4 Å². The Hall–Kier alpha value is -3.45. The molecule has 4 aromatic rings. The molecule has 8 heteroatoms. The van der Waals surface area contributed by atoms with Crippen LogP contribution in [0.15, 0.2) is 60.8 Å². The number of pyridine rings is 1. The third kappa shape index (κ3) is 6.15. The predicted molar refractivity (Wildman–Crippen MR) is 159 cm³/mol. The number of carbonyl (C=O) groups is 1. The molecule has 5 nitrogen and oxygen atoms in total. The van der Waals surface area contributed by atoms with Gasteiger partial charge in [-0.2, -0.15) is 0 Å². The number of nitrogens with one attached hydrogen (secondary N) is 1. The summed E-state index contributed by atoms with van der Waals surface area (Å²) in [6.45, 7) is 10.5. The molecule has 40 heavy (non-hydrogen) atoms. The van der Waals surface area contributed by atoms with Gasteiger partial charge in [-0.3, -0.25) is 9.20 Å². The highest BCUT2D eigenvalue weighted by atomic mass is 35.5. The van der Waals surface area contributed by atoms with E-state index in [0.717, 1.165) is 31.5 Å². The molecular weight excluding hydrogens is 530 g/mol. The van der Waals surface area contributed by atoms with Crippen molar-refractivity contribution in [1.82, 2.24) is 14.7 Å². The van der Waals surface area contributed by atoms with Crippen molar-refractivity contribution in [3.8, 4) is 0 Å². The largest absolute Gasteiger partial charge is 0.371 e. The number of carbonyl (C=O) groups excluding carboxylic acids is 1. The molecule has 0 bridgehead atoms. The van der Waals surface area contributed by atoms with Crippen LogP contribution in [0.25, 0.3) is 5.65 Å². The Bertz CT molecular complexity index is 1490. The van der Waals surface area contributed by atoms with Crippen LogP contribution in [-0.4, -0.2) is 28.4 Å². The summed E-state index contributed by atoms with van der Waals surface area (Å²) in [5.41, 5.74) is 5.44. The van der Waals surface area contributed by atoms with Gasteiger partial charge in [0, 0.05) is 43.1 Å². The Labute approximate surface area is 241 Å². The Kier molecular flexibility index (Phi) is 8.83. The number of rotatable bonds is 6. The van der Waals surface area contributed by atoms with Gasteiger partial charge in [-0.15, -0.1) is 12.4 Å². The van der Waals surface area contributed by atoms with Gasteiger partial charge < -0.3 is 10.2 Å². The van der Waals surface area contributed by atoms with Gasteiger partial charge in [0.25, 0.3) is 5.91 Å². The van der Waals surface area contributed by atoms with E-state index in [1.807, 2.05) is 13.0 Å². The first-order valence-electron chi connectivity index (χ1n) is 13.7. The molecule has 1 N–H and O–H groups in total. The van der Waals surface area contributed by atoms with Crippen molar-refractivity contribution >= 4 is 29.6 Å². The number of amides is 1. The van der Waals surface area contributed by atoms with Gasteiger partial charge in [-0.05, 0) is 66.0 Å². The number of benzene rings is 2. The van der Waals surface area contributed by atoms with E-state index in [-0.39, 0.29) is 36.1 Å². The summed E-state index contributed by atoms with van der Waals surface area (Å²) in [6.07, 6.45) is 3.94. The molecule has 1 fully saturated rings. The fraction of sp³-hybridized carbons (Fsp3) is 0.375. The van der Waals surface area contributed by atoms with Crippen molar-refractivity contribution in [2.24, 2.45) is 0 Å².